The third-order valence-corrected chi connectivity index (χ3v) is 14.1. The van der Waals surface area contributed by atoms with Crippen LogP contribution in [0, 0.1) is 0 Å². The lowest BCUT2D eigenvalue weighted by Gasteiger charge is -2.30. The Balaban J connectivity index is 0.941. The number of nitrogens with zero attached hydrogens (tertiary/aromatic N) is 3. The van der Waals surface area contributed by atoms with Gasteiger partial charge in [0.1, 0.15) is 0 Å². The normalized spacial score (nSPS) is 13.0. The summed E-state index contributed by atoms with van der Waals surface area (Å²) in [6.45, 7) is 0. The van der Waals surface area contributed by atoms with Gasteiger partial charge in [-0.1, -0.05) is 200 Å². The van der Waals surface area contributed by atoms with Gasteiger partial charge >= 0.3 is 0 Å². The van der Waals surface area contributed by atoms with Crippen LogP contribution in [0.3, 0.4) is 0 Å². The Morgan fingerprint density at radius 3 is 1.50 bits per heavy atom. The number of benzene rings is 9. The van der Waals surface area contributed by atoms with Crippen LogP contribution in [0.25, 0.3) is 98.8 Å². The van der Waals surface area contributed by atoms with Crippen LogP contribution in [-0.2, 0) is 5.41 Å². The molecule has 0 fully saturated rings. The van der Waals surface area contributed by atoms with Crippen molar-refractivity contribution in [2.24, 2.45) is 0 Å². The summed E-state index contributed by atoms with van der Waals surface area (Å²) in [6, 6.07) is 76.7. The standard InChI is InChI=1S/C58H35N3S/c1-2-15-37(16-3-1)55-59-56(61-57(60-55)46-21-5-4-17-40(46)39-33-34-45-44-20-9-13-28-52(44)62-53(45)35-39)38-31-29-36(30-32-38)41-23-14-27-51-54(41)47-22-8-12-26-50(47)58(51)48-24-10-6-18-42(48)43-19-7-11-25-49(43)58/h1-35H. The van der Waals surface area contributed by atoms with Crippen molar-refractivity contribution in [3.8, 4) is 78.7 Å². The summed E-state index contributed by atoms with van der Waals surface area (Å²) in [5.41, 5.74) is 17.6. The summed E-state index contributed by atoms with van der Waals surface area (Å²) in [7, 11) is 0. The maximum Gasteiger partial charge on any atom is 0.164 e. The molecule has 0 N–H and O–H groups in total. The maximum atomic E-state index is 5.24. The first-order valence-electron chi connectivity index (χ1n) is 21.1. The van der Waals surface area contributed by atoms with E-state index in [9.17, 15) is 0 Å². The van der Waals surface area contributed by atoms with E-state index < -0.39 is 0 Å². The van der Waals surface area contributed by atoms with Gasteiger partial charge in [0.25, 0.3) is 0 Å². The van der Waals surface area contributed by atoms with E-state index in [1.165, 1.54) is 70.2 Å². The van der Waals surface area contributed by atoms with Gasteiger partial charge < -0.3 is 0 Å². The molecule has 0 saturated carbocycles. The zero-order chi connectivity index (χ0) is 40.8. The predicted molar refractivity (Wildman–Crippen MR) is 256 cm³/mol. The van der Waals surface area contributed by atoms with E-state index in [1.807, 2.05) is 29.5 Å². The Morgan fingerprint density at radius 2 is 0.774 bits per heavy atom. The molecule has 0 aliphatic heterocycles. The van der Waals surface area contributed by atoms with Gasteiger partial charge in [0.2, 0.25) is 0 Å². The molecule has 0 bridgehead atoms. The number of hydrogen-bond acceptors (Lipinski definition) is 4. The molecule has 2 heterocycles. The van der Waals surface area contributed by atoms with Crippen molar-refractivity contribution >= 4 is 31.5 Å². The van der Waals surface area contributed by atoms with E-state index in [1.54, 1.807) is 0 Å². The minimum Gasteiger partial charge on any atom is -0.208 e. The van der Waals surface area contributed by atoms with Crippen molar-refractivity contribution in [3.63, 3.8) is 0 Å². The highest BCUT2D eigenvalue weighted by Crippen LogP contribution is 2.64. The average Bonchev–Trinajstić information content (AvgIpc) is 3.98. The molecule has 0 radical (unpaired) electrons. The van der Waals surface area contributed by atoms with Gasteiger partial charge in [-0.15, -0.1) is 11.3 Å². The molecular formula is C58H35N3S. The zero-order valence-electron chi connectivity index (χ0n) is 33.5. The van der Waals surface area contributed by atoms with E-state index in [0.29, 0.717) is 17.5 Å². The molecule has 62 heavy (non-hydrogen) atoms. The molecule has 9 aromatic carbocycles. The predicted octanol–water partition coefficient (Wildman–Crippen LogP) is 14.9. The van der Waals surface area contributed by atoms with Gasteiger partial charge in [-0.05, 0) is 78.9 Å². The van der Waals surface area contributed by atoms with Crippen LogP contribution >= 0.6 is 11.3 Å². The Labute approximate surface area is 363 Å². The van der Waals surface area contributed by atoms with Crippen molar-refractivity contribution in [2.75, 3.05) is 0 Å². The second kappa shape index (κ2) is 13.6. The quantitative estimate of drug-likeness (QED) is 0.174. The third-order valence-electron chi connectivity index (χ3n) is 13.0. The van der Waals surface area contributed by atoms with Crippen LogP contribution in [0.15, 0.2) is 212 Å². The van der Waals surface area contributed by atoms with Crippen molar-refractivity contribution in [3.05, 3.63) is 235 Å². The van der Waals surface area contributed by atoms with Crippen molar-refractivity contribution in [2.45, 2.75) is 5.41 Å². The number of rotatable bonds is 5. The molecule has 11 aromatic rings. The summed E-state index contributed by atoms with van der Waals surface area (Å²) in [4.78, 5) is 15.5. The van der Waals surface area contributed by atoms with E-state index in [-0.39, 0.29) is 5.41 Å². The molecular weight excluding hydrogens is 771 g/mol. The largest absolute Gasteiger partial charge is 0.208 e. The lowest BCUT2D eigenvalue weighted by molar-refractivity contribution is 0.794. The number of aromatic nitrogens is 3. The lowest BCUT2D eigenvalue weighted by Crippen LogP contribution is -2.25. The van der Waals surface area contributed by atoms with Crippen LogP contribution in [0.1, 0.15) is 22.3 Å². The fourth-order valence-electron chi connectivity index (χ4n) is 10.3. The van der Waals surface area contributed by atoms with Gasteiger partial charge in [-0.2, -0.15) is 0 Å². The molecule has 0 unspecified atom stereocenters. The highest BCUT2D eigenvalue weighted by atomic mass is 32.1. The summed E-state index contributed by atoms with van der Waals surface area (Å²) in [6.07, 6.45) is 0. The molecule has 288 valence electrons. The number of thiophene rings is 1. The van der Waals surface area contributed by atoms with E-state index >= 15 is 0 Å². The van der Waals surface area contributed by atoms with Crippen LogP contribution in [0.5, 0.6) is 0 Å². The second-order valence-corrected chi connectivity index (χ2v) is 17.3. The first kappa shape index (κ1) is 35.0. The van der Waals surface area contributed by atoms with Crippen molar-refractivity contribution in [1.29, 1.82) is 0 Å². The minimum absolute atomic E-state index is 0.385. The monoisotopic (exact) mass is 805 g/mol. The summed E-state index contributed by atoms with van der Waals surface area (Å²) < 4.78 is 2.56. The zero-order valence-corrected chi connectivity index (χ0v) is 34.3. The molecule has 3 nitrogen and oxygen atoms in total. The smallest absolute Gasteiger partial charge is 0.164 e. The maximum absolute atomic E-state index is 5.24. The molecule has 0 amide bonds. The molecule has 0 saturated heterocycles. The Hall–Kier alpha value is -7.79. The number of fused-ring (bicyclic) bond motifs is 13. The van der Waals surface area contributed by atoms with E-state index in [2.05, 4.69) is 194 Å². The first-order valence-corrected chi connectivity index (χ1v) is 21.9. The fraction of sp³-hybridized carbons (Fsp3) is 0.0172. The van der Waals surface area contributed by atoms with E-state index in [0.717, 1.165) is 33.4 Å². The molecule has 4 heteroatoms. The Kier molecular flexibility index (Phi) is 7.69. The Bertz CT molecular complexity index is 3540. The molecule has 1 spiro atoms. The van der Waals surface area contributed by atoms with Gasteiger partial charge in [0.15, 0.2) is 17.5 Å². The highest BCUT2D eigenvalue weighted by molar-refractivity contribution is 7.25. The van der Waals surface area contributed by atoms with Crippen LogP contribution in [-0.4, -0.2) is 15.0 Å². The molecule has 2 aliphatic carbocycles. The Morgan fingerprint density at radius 1 is 0.290 bits per heavy atom. The van der Waals surface area contributed by atoms with Crippen LogP contribution in [0.2, 0.25) is 0 Å². The van der Waals surface area contributed by atoms with Crippen LogP contribution in [0.4, 0.5) is 0 Å². The minimum atomic E-state index is -0.385. The van der Waals surface area contributed by atoms with Gasteiger partial charge in [-0.25, -0.2) is 15.0 Å². The lowest BCUT2D eigenvalue weighted by atomic mass is 9.70. The second-order valence-electron chi connectivity index (χ2n) is 16.2. The molecule has 0 atom stereocenters. The van der Waals surface area contributed by atoms with Gasteiger partial charge in [-0.3, -0.25) is 0 Å². The third kappa shape index (κ3) is 5.08. The SMILES string of the molecule is c1ccc(-c2nc(-c3ccc(-c4cccc5c4-c4ccccc4C54c5ccccc5-c5ccccc54)cc3)nc(-c3ccccc3-c3ccc4c(c3)sc3ccccc34)n2)cc1. The average molecular weight is 806 g/mol. The molecule has 13 rings (SSSR count). The van der Waals surface area contributed by atoms with Crippen molar-refractivity contribution < 1.29 is 0 Å². The highest BCUT2D eigenvalue weighted by Gasteiger charge is 2.51. The van der Waals surface area contributed by atoms with Gasteiger partial charge in [0.05, 0.1) is 5.41 Å². The molecule has 2 aliphatic rings. The summed E-state index contributed by atoms with van der Waals surface area (Å²) in [5, 5.41) is 2.58. The fourth-order valence-corrected chi connectivity index (χ4v) is 11.5. The summed E-state index contributed by atoms with van der Waals surface area (Å²) >= 11 is 1.83. The molecule has 2 aromatic heterocycles. The van der Waals surface area contributed by atoms with E-state index in [4.69, 9.17) is 15.0 Å². The topological polar surface area (TPSA) is 38.7 Å². The first-order chi connectivity index (χ1) is 30.7. The number of hydrogen-bond donors (Lipinski definition) is 0. The van der Waals surface area contributed by atoms with Crippen molar-refractivity contribution in [1.82, 2.24) is 15.0 Å². The van der Waals surface area contributed by atoms with Gasteiger partial charge in [0, 0.05) is 36.9 Å². The summed E-state index contributed by atoms with van der Waals surface area (Å²) in [5.74, 6) is 1.92. The van der Waals surface area contributed by atoms with Crippen LogP contribution < -0.4 is 0 Å².